The van der Waals surface area contributed by atoms with Crippen molar-refractivity contribution in [3.05, 3.63) is 75.8 Å². The highest BCUT2D eigenvalue weighted by Crippen LogP contribution is 2.20. The van der Waals surface area contributed by atoms with Crippen LogP contribution in [0.1, 0.15) is 0 Å². The van der Waals surface area contributed by atoms with E-state index in [9.17, 15) is 14.0 Å². The Morgan fingerprint density at radius 1 is 1.17 bits per heavy atom. The summed E-state index contributed by atoms with van der Waals surface area (Å²) in [6, 6.07) is 12.1. The van der Waals surface area contributed by atoms with Crippen LogP contribution in [0, 0.1) is 5.82 Å². The molecule has 0 atom stereocenters. The van der Waals surface area contributed by atoms with Gasteiger partial charge < -0.3 is 9.88 Å². The molecule has 3 rings (SSSR count). The van der Waals surface area contributed by atoms with Gasteiger partial charge in [-0.15, -0.1) is 0 Å². The number of carbonyl (C=O) groups is 1. The second-order valence-corrected chi connectivity index (χ2v) is 5.40. The molecule has 0 spiro atoms. The number of amides is 1. The van der Waals surface area contributed by atoms with E-state index in [0.717, 1.165) is 0 Å². The molecule has 0 saturated carbocycles. The van der Waals surface area contributed by atoms with E-state index in [1.54, 1.807) is 28.8 Å². The minimum absolute atomic E-state index is 0.0202. The first kappa shape index (κ1) is 15.2. The fraction of sp³-hybridized carbons (Fsp3) is 0.0588. The van der Waals surface area contributed by atoms with E-state index in [1.807, 2.05) is 0 Å². The number of anilines is 1. The van der Waals surface area contributed by atoms with E-state index in [0.29, 0.717) is 16.2 Å². The van der Waals surface area contributed by atoms with Gasteiger partial charge in [0.25, 0.3) is 0 Å². The number of pyridine rings is 1. The Labute approximate surface area is 136 Å². The number of fused-ring (bicyclic) bond motifs is 1. The van der Waals surface area contributed by atoms with Crippen LogP contribution < -0.4 is 10.7 Å². The van der Waals surface area contributed by atoms with E-state index in [4.69, 9.17) is 11.6 Å². The summed E-state index contributed by atoms with van der Waals surface area (Å²) < 4.78 is 14.9. The predicted molar refractivity (Wildman–Crippen MR) is 88.2 cm³/mol. The van der Waals surface area contributed by atoms with Crippen molar-refractivity contribution >= 4 is 34.1 Å². The number of halogens is 2. The summed E-state index contributed by atoms with van der Waals surface area (Å²) in [5.41, 5.74) is 0.714. The summed E-state index contributed by atoms with van der Waals surface area (Å²) in [7, 11) is 0. The van der Waals surface area contributed by atoms with Crippen LogP contribution in [0.15, 0.2) is 59.5 Å². The lowest BCUT2D eigenvalue weighted by atomic mass is 10.2. The zero-order valence-corrected chi connectivity index (χ0v) is 12.7. The lowest BCUT2D eigenvalue weighted by Crippen LogP contribution is -2.20. The van der Waals surface area contributed by atoms with Crippen molar-refractivity contribution in [1.82, 2.24) is 4.57 Å². The van der Waals surface area contributed by atoms with Crippen LogP contribution in [0.4, 0.5) is 10.1 Å². The van der Waals surface area contributed by atoms with Crippen molar-refractivity contribution in [3.8, 4) is 0 Å². The van der Waals surface area contributed by atoms with Gasteiger partial charge in [-0.2, -0.15) is 0 Å². The highest BCUT2D eigenvalue weighted by Gasteiger charge is 2.09. The topological polar surface area (TPSA) is 51.1 Å². The number of para-hydroxylation sites is 1. The minimum Gasteiger partial charge on any atom is -0.338 e. The normalized spacial score (nSPS) is 10.7. The SMILES string of the molecule is O=C(Cn1ccc(=O)c2cc(F)ccc21)Nc1ccccc1Cl. The summed E-state index contributed by atoms with van der Waals surface area (Å²) >= 11 is 6.00. The largest absolute Gasteiger partial charge is 0.338 e. The first-order valence-corrected chi connectivity index (χ1v) is 7.25. The molecule has 3 aromatic rings. The molecule has 0 radical (unpaired) electrons. The molecule has 1 aromatic heterocycles. The molecule has 0 fully saturated rings. The molecule has 0 aliphatic heterocycles. The van der Waals surface area contributed by atoms with Crippen LogP contribution in [0.25, 0.3) is 10.9 Å². The smallest absolute Gasteiger partial charge is 0.244 e. The molecule has 6 heteroatoms. The lowest BCUT2D eigenvalue weighted by Gasteiger charge is -2.11. The molecule has 1 amide bonds. The van der Waals surface area contributed by atoms with Crippen molar-refractivity contribution in [1.29, 1.82) is 0 Å². The average Bonchev–Trinajstić information content (AvgIpc) is 2.52. The number of benzene rings is 2. The van der Waals surface area contributed by atoms with Crippen LogP contribution >= 0.6 is 11.6 Å². The van der Waals surface area contributed by atoms with E-state index in [-0.39, 0.29) is 23.3 Å². The molecule has 0 bridgehead atoms. The summed E-state index contributed by atoms with van der Waals surface area (Å²) in [4.78, 5) is 24.0. The zero-order valence-electron chi connectivity index (χ0n) is 11.9. The molecule has 23 heavy (non-hydrogen) atoms. The van der Waals surface area contributed by atoms with Crippen LogP contribution in [0.2, 0.25) is 5.02 Å². The Morgan fingerprint density at radius 2 is 1.96 bits per heavy atom. The van der Waals surface area contributed by atoms with Crippen molar-refractivity contribution in [2.45, 2.75) is 6.54 Å². The second kappa shape index (κ2) is 6.22. The lowest BCUT2D eigenvalue weighted by molar-refractivity contribution is -0.116. The van der Waals surface area contributed by atoms with Gasteiger partial charge in [0.15, 0.2) is 5.43 Å². The fourth-order valence-electron chi connectivity index (χ4n) is 2.33. The Bertz CT molecular complexity index is 953. The third-order valence-electron chi connectivity index (χ3n) is 3.40. The van der Waals surface area contributed by atoms with Crippen molar-refractivity contribution in [2.24, 2.45) is 0 Å². The van der Waals surface area contributed by atoms with Gasteiger partial charge in [0.1, 0.15) is 12.4 Å². The maximum atomic E-state index is 13.3. The molecule has 2 aromatic carbocycles. The molecule has 116 valence electrons. The van der Waals surface area contributed by atoms with Gasteiger partial charge in [0.05, 0.1) is 16.2 Å². The number of carbonyl (C=O) groups excluding carboxylic acids is 1. The van der Waals surface area contributed by atoms with Crippen molar-refractivity contribution < 1.29 is 9.18 Å². The molecular weight excluding hydrogens is 319 g/mol. The highest BCUT2D eigenvalue weighted by molar-refractivity contribution is 6.33. The Kier molecular flexibility index (Phi) is 4.12. The molecule has 0 aliphatic carbocycles. The van der Waals surface area contributed by atoms with E-state index >= 15 is 0 Å². The molecule has 0 unspecified atom stereocenters. The molecule has 1 N–H and O–H groups in total. The van der Waals surface area contributed by atoms with Gasteiger partial charge in [0, 0.05) is 17.6 Å². The van der Waals surface area contributed by atoms with Crippen LogP contribution in [0.5, 0.6) is 0 Å². The van der Waals surface area contributed by atoms with Gasteiger partial charge in [-0.1, -0.05) is 23.7 Å². The highest BCUT2D eigenvalue weighted by atomic mass is 35.5. The quantitative estimate of drug-likeness (QED) is 0.800. The molecular formula is C17H12ClFN2O2. The summed E-state index contributed by atoms with van der Waals surface area (Å²) in [5.74, 6) is -0.791. The van der Waals surface area contributed by atoms with E-state index in [1.165, 1.54) is 30.5 Å². The maximum absolute atomic E-state index is 13.3. The standard InChI is InChI=1S/C17H12ClFN2O2/c18-13-3-1-2-4-14(13)20-17(23)10-21-8-7-16(22)12-9-11(19)5-6-15(12)21/h1-9H,10H2,(H,20,23). The predicted octanol–water partition coefficient (Wildman–Crippen LogP) is 3.43. The van der Waals surface area contributed by atoms with Gasteiger partial charge in [-0.3, -0.25) is 9.59 Å². The number of hydrogen-bond donors (Lipinski definition) is 1. The van der Waals surface area contributed by atoms with Gasteiger partial charge >= 0.3 is 0 Å². The minimum atomic E-state index is -0.493. The monoisotopic (exact) mass is 330 g/mol. The zero-order chi connectivity index (χ0) is 16.4. The van der Waals surface area contributed by atoms with E-state index < -0.39 is 5.82 Å². The third-order valence-corrected chi connectivity index (χ3v) is 3.73. The average molecular weight is 331 g/mol. The number of aromatic nitrogens is 1. The van der Waals surface area contributed by atoms with Gasteiger partial charge in [-0.25, -0.2) is 4.39 Å². The Morgan fingerprint density at radius 3 is 2.74 bits per heavy atom. The third kappa shape index (κ3) is 3.24. The van der Waals surface area contributed by atoms with Crippen LogP contribution in [-0.2, 0) is 11.3 Å². The summed E-state index contributed by atoms with van der Waals surface area (Å²) in [5, 5.41) is 3.38. The van der Waals surface area contributed by atoms with Crippen molar-refractivity contribution in [2.75, 3.05) is 5.32 Å². The van der Waals surface area contributed by atoms with Crippen molar-refractivity contribution in [3.63, 3.8) is 0 Å². The molecule has 4 nitrogen and oxygen atoms in total. The van der Waals surface area contributed by atoms with E-state index in [2.05, 4.69) is 5.32 Å². The molecule has 0 saturated heterocycles. The van der Waals surface area contributed by atoms with Gasteiger partial charge in [0.2, 0.25) is 5.91 Å². The summed E-state index contributed by atoms with van der Waals surface area (Å²) in [6.07, 6.45) is 1.51. The maximum Gasteiger partial charge on any atom is 0.244 e. The number of hydrogen-bond acceptors (Lipinski definition) is 2. The molecule has 1 heterocycles. The Hall–Kier alpha value is -2.66. The number of nitrogens with one attached hydrogen (secondary N) is 1. The van der Waals surface area contributed by atoms with Crippen LogP contribution in [-0.4, -0.2) is 10.5 Å². The fourth-order valence-corrected chi connectivity index (χ4v) is 2.51. The number of rotatable bonds is 3. The Balaban J connectivity index is 1.90. The first-order chi connectivity index (χ1) is 11.0. The molecule has 0 aliphatic rings. The number of nitrogens with zero attached hydrogens (tertiary/aromatic N) is 1. The second-order valence-electron chi connectivity index (χ2n) is 5.00. The van der Waals surface area contributed by atoms with Gasteiger partial charge in [-0.05, 0) is 30.3 Å². The van der Waals surface area contributed by atoms with Crippen LogP contribution in [0.3, 0.4) is 0 Å². The summed E-state index contributed by atoms with van der Waals surface area (Å²) in [6.45, 7) is -0.0202. The first-order valence-electron chi connectivity index (χ1n) is 6.88.